The lowest BCUT2D eigenvalue weighted by molar-refractivity contribution is -0.384. The molecular formula is C17H22N2O3S. The fourth-order valence-corrected chi connectivity index (χ4v) is 4.74. The molecule has 5 nitrogen and oxygen atoms in total. The van der Waals surface area contributed by atoms with Gasteiger partial charge >= 0.3 is 0 Å². The van der Waals surface area contributed by atoms with Crippen molar-refractivity contribution in [3.8, 4) is 0 Å². The van der Waals surface area contributed by atoms with Crippen molar-refractivity contribution >= 4 is 23.8 Å². The maximum absolute atomic E-state index is 10.7. The van der Waals surface area contributed by atoms with Crippen LogP contribution < -0.4 is 0 Å². The van der Waals surface area contributed by atoms with Gasteiger partial charge in [-0.15, -0.1) is 0 Å². The molecule has 23 heavy (non-hydrogen) atoms. The number of benzene rings is 1. The van der Waals surface area contributed by atoms with Gasteiger partial charge in [0.15, 0.2) is 0 Å². The molecule has 0 aromatic heterocycles. The predicted molar refractivity (Wildman–Crippen MR) is 92.7 cm³/mol. The minimum Gasteiger partial charge on any atom is -0.389 e. The summed E-state index contributed by atoms with van der Waals surface area (Å²) in [4.78, 5) is 10.2. The molecule has 1 N–H and O–H groups in total. The predicted octanol–water partition coefficient (Wildman–Crippen LogP) is 3.85. The summed E-state index contributed by atoms with van der Waals surface area (Å²) in [5, 5.41) is 21.4. The summed E-state index contributed by atoms with van der Waals surface area (Å²) < 4.78 is 4.40. The molecule has 3 rings (SSSR count). The molecule has 0 radical (unpaired) electrons. The molecule has 0 aliphatic heterocycles. The summed E-state index contributed by atoms with van der Waals surface area (Å²) in [5.74, 6) is 1.32. The Labute approximate surface area is 140 Å². The third-order valence-corrected chi connectivity index (χ3v) is 6.76. The number of aliphatic hydroxyl groups is 1. The highest BCUT2D eigenvalue weighted by Gasteiger charge is 2.63. The largest absolute Gasteiger partial charge is 0.389 e. The van der Waals surface area contributed by atoms with Gasteiger partial charge in [-0.3, -0.25) is 10.1 Å². The molecule has 0 spiro atoms. The van der Waals surface area contributed by atoms with Crippen molar-refractivity contribution < 1.29 is 10.0 Å². The van der Waals surface area contributed by atoms with E-state index in [4.69, 9.17) is 0 Å². The van der Waals surface area contributed by atoms with E-state index in [0.717, 1.165) is 18.4 Å². The van der Waals surface area contributed by atoms with Crippen molar-refractivity contribution in [2.24, 2.45) is 21.6 Å². The van der Waals surface area contributed by atoms with Crippen LogP contribution in [0.25, 0.3) is 0 Å². The fraction of sp³-hybridized carbons (Fsp3) is 0.588. The molecular weight excluding hydrogens is 312 g/mol. The van der Waals surface area contributed by atoms with Gasteiger partial charge < -0.3 is 5.11 Å². The average Bonchev–Trinajstić information content (AvgIpc) is 2.98. The summed E-state index contributed by atoms with van der Waals surface area (Å²) in [6.07, 6.45) is 3.54. The molecule has 0 bridgehead atoms. The molecule has 0 heterocycles. The smallest absolute Gasteiger partial charge is 0.269 e. The number of fused-ring (bicyclic) bond motifs is 1. The van der Waals surface area contributed by atoms with Crippen molar-refractivity contribution in [2.75, 3.05) is 0 Å². The van der Waals surface area contributed by atoms with Crippen LogP contribution in [-0.4, -0.2) is 27.1 Å². The highest BCUT2D eigenvalue weighted by Crippen LogP contribution is 2.67. The zero-order valence-electron chi connectivity index (χ0n) is 13.6. The first kappa shape index (κ1) is 16.5. The van der Waals surface area contributed by atoms with E-state index in [1.54, 1.807) is 18.3 Å². The van der Waals surface area contributed by atoms with Crippen LogP contribution in [0, 0.1) is 27.4 Å². The van der Waals surface area contributed by atoms with Gasteiger partial charge in [-0.25, -0.2) is 4.40 Å². The Morgan fingerprint density at radius 2 is 1.96 bits per heavy atom. The van der Waals surface area contributed by atoms with Crippen LogP contribution in [0.4, 0.5) is 5.69 Å². The zero-order valence-corrected chi connectivity index (χ0v) is 14.4. The molecule has 2 saturated carbocycles. The number of nitro benzene ring substituents is 1. The Morgan fingerprint density at radius 1 is 1.30 bits per heavy atom. The van der Waals surface area contributed by atoms with Crippen molar-refractivity contribution in [2.45, 2.75) is 44.5 Å². The fourth-order valence-electron chi connectivity index (χ4n) is 3.80. The van der Waals surface area contributed by atoms with Crippen LogP contribution in [0.15, 0.2) is 28.7 Å². The minimum absolute atomic E-state index is 0.0759. The van der Waals surface area contributed by atoms with Crippen molar-refractivity contribution in [1.29, 1.82) is 0 Å². The van der Waals surface area contributed by atoms with Gasteiger partial charge in [0.05, 0.1) is 15.8 Å². The molecule has 2 fully saturated rings. The van der Waals surface area contributed by atoms with Crippen LogP contribution in [-0.2, 0) is 0 Å². The molecule has 0 unspecified atom stereocenters. The molecule has 2 aliphatic carbocycles. The second kappa shape index (κ2) is 5.60. The minimum atomic E-state index is -0.688. The van der Waals surface area contributed by atoms with Gasteiger partial charge in [0.25, 0.3) is 5.69 Å². The van der Waals surface area contributed by atoms with Crippen LogP contribution in [0.1, 0.15) is 39.2 Å². The van der Waals surface area contributed by atoms with Gasteiger partial charge in [-0.1, -0.05) is 13.8 Å². The van der Waals surface area contributed by atoms with Crippen LogP contribution >= 0.6 is 11.9 Å². The molecule has 0 amide bonds. The van der Waals surface area contributed by atoms with E-state index in [1.807, 2.05) is 6.92 Å². The Kier molecular flexibility index (Phi) is 4.01. The molecule has 124 valence electrons. The van der Waals surface area contributed by atoms with Crippen molar-refractivity contribution in [3.63, 3.8) is 0 Å². The monoisotopic (exact) mass is 334 g/mol. The van der Waals surface area contributed by atoms with E-state index in [0.29, 0.717) is 17.3 Å². The van der Waals surface area contributed by atoms with E-state index in [9.17, 15) is 15.2 Å². The number of hydrogen-bond acceptors (Lipinski definition) is 5. The van der Waals surface area contributed by atoms with E-state index >= 15 is 0 Å². The Hall–Kier alpha value is -1.40. The molecule has 4 atom stereocenters. The number of non-ortho nitro benzene ring substituents is 1. The Morgan fingerprint density at radius 3 is 2.57 bits per heavy atom. The van der Waals surface area contributed by atoms with Crippen molar-refractivity contribution in [3.05, 3.63) is 39.9 Å². The first-order valence-electron chi connectivity index (χ1n) is 7.88. The van der Waals surface area contributed by atoms with Gasteiger partial charge in [-0.2, -0.15) is 0 Å². The van der Waals surface area contributed by atoms with Crippen molar-refractivity contribution in [1.82, 2.24) is 0 Å². The summed E-state index contributed by atoms with van der Waals surface area (Å²) in [5.41, 5.74) is 0.559. The highest BCUT2D eigenvalue weighted by atomic mass is 32.2. The van der Waals surface area contributed by atoms with E-state index in [-0.39, 0.29) is 10.9 Å². The number of nitro groups is 1. The summed E-state index contributed by atoms with van der Waals surface area (Å²) in [6.45, 7) is 6.48. The summed E-state index contributed by atoms with van der Waals surface area (Å²) in [6, 6.07) is 6.31. The third-order valence-electron chi connectivity index (χ3n) is 5.58. The van der Waals surface area contributed by atoms with Gasteiger partial charge in [0.2, 0.25) is 0 Å². The third kappa shape index (κ3) is 3.15. The number of hydrogen-bond donors (Lipinski definition) is 1. The zero-order chi connectivity index (χ0) is 16.8. The maximum Gasteiger partial charge on any atom is 0.269 e. The number of nitrogens with zero attached hydrogens (tertiary/aromatic N) is 2. The topological polar surface area (TPSA) is 75.7 Å². The lowest BCUT2D eigenvalue weighted by Gasteiger charge is -2.34. The van der Waals surface area contributed by atoms with Crippen LogP contribution in [0.2, 0.25) is 0 Å². The second-order valence-corrected chi connectivity index (χ2v) is 8.50. The normalized spacial score (nSPS) is 35.0. The standard InChI is InChI=1S/C17H22N2O3S/c1-16(2)13-8-15(17(3,20)9-14(13)16)23-18-10-11-4-6-12(7-5-11)19(21)22/h4-7,10,13-15,20H,8-9H2,1-3H3/b18-10+/t13-,14+,15+,17+/m1/s1. The first-order chi connectivity index (χ1) is 10.7. The summed E-state index contributed by atoms with van der Waals surface area (Å²) in [7, 11) is 0. The maximum atomic E-state index is 10.7. The molecule has 1 aromatic rings. The van der Waals surface area contributed by atoms with E-state index in [1.165, 1.54) is 24.1 Å². The van der Waals surface area contributed by atoms with Crippen LogP contribution in [0.5, 0.6) is 0 Å². The first-order valence-corrected chi connectivity index (χ1v) is 8.71. The molecule has 1 aromatic carbocycles. The van der Waals surface area contributed by atoms with Gasteiger partial charge in [-0.05, 0) is 66.7 Å². The Balaban J connectivity index is 1.62. The lowest BCUT2D eigenvalue weighted by atomic mass is 9.86. The highest BCUT2D eigenvalue weighted by molar-refractivity contribution is 7.98. The average molecular weight is 334 g/mol. The second-order valence-electron chi connectivity index (χ2n) is 7.51. The Bertz CT molecular complexity index is 640. The molecule has 6 heteroatoms. The lowest BCUT2D eigenvalue weighted by Crippen LogP contribution is -2.40. The van der Waals surface area contributed by atoms with Gasteiger partial charge in [0.1, 0.15) is 0 Å². The number of rotatable bonds is 4. The molecule has 2 aliphatic rings. The van der Waals surface area contributed by atoms with E-state index < -0.39 is 10.5 Å². The molecule has 0 saturated heterocycles. The summed E-state index contributed by atoms with van der Waals surface area (Å²) >= 11 is 1.43. The van der Waals surface area contributed by atoms with E-state index in [2.05, 4.69) is 18.2 Å². The SMILES string of the molecule is CC1(C)[C@@H]2C[C@H](S/N=C/c3ccc([N+](=O)[O-])cc3)[C@@](C)(O)C[C@@H]21. The van der Waals surface area contributed by atoms with Crippen LogP contribution in [0.3, 0.4) is 0 Å². The quantitative estimate of drug-likeness (QED) is 0.393. The van der Waals surface area contributed by atoms with Gasteiger partial charge in [0, 0.05) is 18.3 Å².